The first-order valence-corrected chi connectivity index (χ1v) is 10.5. The van der Waals surface area contributed by atoms with Crippen LogP contribution < -0.4 is 4.90 Å². The quantitative estimate of drug-likeness (QED) is 0.777. The van der Waals surface area contributed by atoms with E-state index in [1.165, 1.54) is 16.9 Å². The maximum Gasteiger partial charge on any atom is 0.410 e. The Kier molecular flexibility index (Phi) is 4.70. The van der Waals surface area contributed by atoms with Crippen molar-refractivity contribution in [2.45, 2.75) is 12.5 Å². The number of hydrogen-bond acceptors (Lipinski definition) is 7. The summed E-state index contributed by atoms with van der Waals surface area (Å²) in [4.78, 5) is 21.6. The average molecular weight is 408 g/mol. The van der Waals surface area contributed by atoms with E-state index >= 15 is 0 Å². The van der Waals surface area contributed by atoms with Crippen molar-refractivity contribution in [3.8, 4) is 6.07 Å². The molecule has 2 saturated heterocycles. The molecule has 2 aliphatic heterocycles. The smallest absolute Gasteiger partial charge is 0.410 e. The van der Waals surface area contributed by atoms with Gasteiger partial charge in [0.15, 0.2) is 6.10 Å². The molecule has 0 radical (unpaired) electrons. The number of anilines is 1. The largest absolute Gasteiger partial charge is 0.441 e. The molecule has 7 nitrogen and oxygen atoms in total. The van der Waals surface area contributed by atoms with Crippen LogP contribution in [0.1, 0.15) is 21.7 Å². The lowest BCUT2D eigenvalue weighted by Gasteiger charge is -2.37. The lowest BCUT2D eigenvalue weighted by molar-refractivity contribution is -0.104. The van der Waals surface area contributed by atoms with Crippen molar-refractivity contribution >= 4 is 34.8 Å². The van der Waals surface area contributed by atoms with Crippen LogP contribution in [0.5, 0.6) is 0 Å². The maximum absolute atomic E-state index is 12.2. The highest BCUT2D eigenvalue weighted by Gasteiger charge is 2.29. The number of aromatic nitrogens is 1. The minimum atomic E-state index is -0.245. The number of allylic oxidation sites excluding steroid dienone is 1. The lowest BCUT2D eigenvalue weighted by atomic mass is 10.1. The van der Waals surface area contributed by atoms with Crippen LogP contribution in [-0.4, -0.2) is 61.5 Å². The Bertz CT molecular complexity index is 1010. The topological polar surface area (TPSA) is 78.7 Å². The van der Waals surface area contributed by atoms with Crippen molar-refractivity contribution < 1.29 is 14.3 Å². The van der Waals surface area contributed by atoms with Crippen LogP contribution in [0.15, 0.2) is 23.7 Å². The van der Waals surface area contributed by atoms with E-state index in [9.17, 15) is 4.79 Å². The summed E-state index contributed by atoms with van der Waals surface area (Å²) in [5, 5.41) is 11.1. The molecular formula is C21H20N4O3S. The van der Waals surface area contributed by atoms with E-state index < -0.39 is 0 Å². The summed E-state index contributed by atoms with van der Waals surface area (Å²) in [6.07, 6.45) is 4.49. The molecule has 0 aromatic carbocycles. The predicted molar refractivity (Wildman–Crippen MR) is 110 cm³/mol. The number of ether oxygens (including phenoxy) is 2. The summed E-state index contributed by atoms with van der Waals surface area (Å²) in [7, 11) is 0. The molecule has 5 rings (SSSR count). The summed E-state index contributed by atoms with van der Waals surface area (Å²) in [5.74, 6) is 0. The van der Waals surface area contributed by atoms with Gasteiger partial charge in [-0.15, -0.1) is 11.3 Å². The molecule has 29 heavy (non-hydrogen) atoms. The number of thiophene rings is 1. The van der Waals surface area contributed by atoms with E-state index in [1.807, 2.05) is 23.7 Å². The molecule has 1 amide bonds. The van der Waals surface area contributed by atoms with Gasteiger partial charge < -0.3 is 19.3 Å². The first kappa shape index (κ1) is 18.2. The van der Waals surface area contributed by atoms with Crippen LogP contribution in [0.25, 0.3) is 11.6 Å². The lowest BCUT2D eigenvalue weighted by Crippen LogP contribution is -2.51. The van der Waals surface area contributed by atoms with Gasteiger partial charge in [-0.25, -0.2) is 4.79 Å². The standard InChI is InChI=1S/C21H20N4O3S/c22-10-17-7-15(13-29-17)14-8-18-19(9-14)23-2-1-20(18)24-3-5-25(6-4-24)21(26)28-16-11-27-12-16/h1-2,7-8,13,16H,3-6,9,11-12H2. The van der Waals surface area contributed by atoms with Gasteiger partial charge in [0.1, 0.15) is 10.9 Å². The zero-order valence-electron chi connectivity index (χ0n) is 15.8. The van der Waals surface area contributed by atoms with Crippen molar-refractivity contribution in [3.63, 3.8) is 0 Å². The number of fused-ring (bicyclic) bond motifs is 1. The molecule has 1 aliphatic carbocycles. The minimum absolute atomic E-state index is 0.0915. The Balaban J connectivity index is 1.29. The van der Waals surface area contributed by atoms with Gasteiger partial charge in [0.2, 0.25) is 0 Å². The van der Waals surface area contributed by atoms with Crippen molar-refractivity contribution in [2.24, 2.45) is 0 Å². The Morgan fingerprint density at radius 2 is 2.14 bits per heavy atom. The third kappa shape index (κ3) is 3.48. The molecule has 2 fully saturated rings. The third-order valence-electron chi connectivity index (χ3n) is 5.56. The SMILES string of the molecule is N#Cc1cc(C2=Cc3c(N4CCN(C(=O)OC5COC5)CC4)ccnc3C2)cs1. The molecule has 0 atom stereocenters. The number of nitrogens with zero attached hydrogens (tertiary/aromatic N) is 4. The van der Waals surface area contributed by atoms with Crippen LogP contribution in [0, 0.1) is 11.3 Å². The molecule has 2 aromatic heterocycles. The second-order valence-corrected chi connectivity index (χ2v) is 8.28. The molecule has 3 aliphatic rings. The van der Waals surface area contributed by atoms with Gasteiger partial charge in [-0.3, -0.25) is 4.98 Å². The summed E-state index contributed by atoms with van der Waals surface area (Å²) in [6.45, 7) is 3.79. The highest BCUT2D eigenvalue weighted by molar-refractivity contribution is 7.10. The first-order valence-electron chi connectivity index (χ1n) is 9.67. The van der Waals surface area contributed by atoms with Crippen LogP contribution >= 0.6 is 11.3 Å². The Labute approximate surface area is 172 Å². The fourth-order valence-corrected chi connectivity index (χ4v) is 4.58. The molecule has 0 spiro atoms. The highest BCUT2D eigenvalue weighted by atomic mass is 32.1. The zero-order valence-corrected chi connectivity index (χ0v) is 16.7. The van der Waals surface area contributed by atoms with Crippen LogP contribution in [-0.2, 0) is 15.9 Å². The van der Waals surface area contributed by atoms with Gasteiger partial charge in [-0.05, 0) is 34.7 Å². The van der Waals surface area contributed by atoms with Crippen molar-refractivity contribution in [1.82, 2.24) is 9.88 Å². The molecule has 0 unspecified atom stereocenters. The average Bonchev–Trinajstić information content (AvgIpc) is 3.37. The number of pyridine rings is 1. The van der Waals surface area contributed by atoms with Gasteiger partial charge in [-0.1, -0.05) is 0 Å². The van der Waals surface area contributed by atoms with E-state index in [4.69, 9.17) is 14.7 Å². The normalized spacial score (nSPS) is 18.7. The van der Waals surface area contributed by atoms with Crippen LogP contribution in [0.4, 0.5) is 10.5 Å². The van der Waals surface area contributed by atoms with Gasteiger partial charge in [0.05, 0.1) is 18.9 Å². The zero-order chi connectivity index (χ0) is 19.8. The molecule has 0 bridgehead atoms. The summed E-state index contributed by atoms with van der Waals surface area (Å²) in [5.41, 5.74) is 5.66. The number of rotatable bonds is 3. The number of carbonyl (C=O) groups excluding carboxylic acids is 1. The highest BCUT2D eigenvalue weighted by Crippen LogP contribution is 2.37. The van der Waals surface area contributed by atoms with Gasteiger partial charge in [0.25, 0.3) is 0 Å². The molecular weight excluding hydrogens is 388 g/mol. The molecule has 0 saturated carbocycles. The Morgan fingerprint density at radius 3 is 2.83 bits per heavy atom. The van der Waals surface area contributed by atoms with E-state index in [0.717, 1.165) is 46.9 Å². The second kappa shape index (κ2) is 7.50. The summed E-state index contributed by atoms with van der Waals surface area (Å²) < 4.78 is 10.5. The summed E-state index contributed by atoms with van der Waals surface area (Å²) >= 11 is 1.47. The molecule has 2 aromatic rings. The van der Waals surface area contributed by atoms with Crippen LogP contribution in [0.3, 0.4) is 0 Å². The third-order valence-corrected chi connectivity index (χ3v) is 6.39. The first-order chi connectivity index (χ1) is 14.2. The van der Waals surface area contributed by atoms with Gasteiger partial charge in [-0.2, -0.15) is 5.26 Å². The number of nitriles is 1. The van der Waals surface area contributed by atoms with E-state index in [0.29, 0.717) is 26.3 Å². The molecule has 0 N–H and O–H groups in total. The molecule has 8 heteroatoms. The monoisotopic (exact) mass is 408 g/mol. The fourth-order valence-electron chi connectivity index (χ4n) is 3.86. The van der Waals surface area contributed by atoms with Crippen molar-refractivity contribution in [1.29, 1.82) is 5.26 Å². The maximum atomic E-state index is 12.2. The second-order valence-electron chi connectivity index (χ2n) is 7.37. The molecule has 4 heterocycles. The number of piperazine rings is 1. The number of hydrogen-bond donors (Lipinski definition) is 0. The Morgan fingerprint density at radius 1 is 1.31 bits per heavy atom. The predicted octanol–water partition coefficient (Wildman–Crippen LogP) is 2.77. The van der Waals surface area contributed by atoms with Crippen molar-refractivity contribution in [2.75, 3.05) is 44.3 Å². The van der Waals surface area contributed by atoms with Crippen molar-refractivity contribution in [3.05, 3.63) is 45.4 Å². The fraction of sp³-hybridized carbons (Fsp3) is 0.381. The van der Waals surface area contributed by atoms with Gasteiger partial charge in [0, 0.05) is 50.0 Å². The molecule has 148 valence electrons. The van der Waals surface area contributed by atoms with E-state index in [-0.39, 0.29) is 12.2 Å². The number of amides is 1. The van der Waals surface area contributed by atoms with Crippen LogP contribution in [0.2, 0.25) is 0 Å². The van der Waals surface area contributed by atoms with Gasteiger partial charge >= 0.3 is 6.09 Å². The minimum Gasteiger partial charge on any atom is -0.441 e. The number of carbonyl (C=O) groups is 1. The van der Waals surface area contributed by atoms with E-state index in [2.05, 4.69) is 22.0 Å². The summed E-state index contributed by atoms with van der Waals surface area (Å²) in [6, 6.07) is 6.20. The Hall–Kier alpha value is -2.89. The van der Waals surface area contributed by atoms with E-state index in [1.54, 1.807) is 4.90 Å².